The first-order valence-corrected chi connectivity index (χ1v) is 7.01. The second kappa shape index (κ2) is 7.13. The fraction of sp³-hybridized carbons (Fsp3) is 0.867. The lowest BCUT2D eigenvalue weighted by Gasteiger charge is -2.31. The molecule has 0 N–H and O–H groups in total. The van der Waals surface area contributed by atoms with Gasteiger partial charge in [0.25, 0.3) is 6.08 Å². The van der Waals surface area contributed by atoms with Crippen LogP contribution in [0.5, 0.6) is 0 Å². The van der Waals surface area contributed by atoms with Crippen molar-refractivity contribution in [3.8, 4) is 0 Å². The lowest BCUT2D eigenvalue weighted by atomic mass is 9.75. The molecule has 0 aliphatic heterocycles. The van der Waals surface area contributed by atoms with E-state index in [2.05, 4.69) is 20.8 Å². The Kier molecular flexibility index (Phi) is 6.15. The van der Waals surface area contributed by atoms with Crippen molar-refractivity contribution in [2.75, 3.05) is 0 Å². The van der Waals surface area contributed by atoms with Gasteiger partial charge in [0.15, 0.2) is 0 Å². The minimum absolute atomic E-state index is 0.133. The third kappa shape index (κ3) is 5.65. The molecule has 1 fully saturated rings. The second-order valence-corrected chi connectivity index (χ2v) is 6.08. The Bertz CT molecular complexity index is 233. The molecule has 0 nitrogen and oxygen atoms in total. The van der Waals surface area contributed by atoms with E-state index in [-0.39, 0.29) is 5.92 Å². The summed E-state index contributed by atoms with van der Waals surface area (Å²) >= 11 is 0. The van der Waals surface area contributed by atoms with Crippen molar-refractivity contribution in [1.29, 1.82) is 0 Å². The molecule has 0 aromatic carbocycles. The highest BCUT2D eigenvalue weighted by Gasteiger charge is 2.24. The maximum Gasteiger partial charge on any atom is 0.266 e. The Morgan fingerprint density at radius 3 is 2.12 bits per heavy atom. The van der Waals surface area contributed by atoms with Gasteiger partial charge in [-0.15, -0.1) is 0 Å². The molecule has 0 amide bonds. The van der Waals surface area contributed by atoms with Crippen LogP contribution in [0.4, 0.5) is 8.78 Å². The van der Waals surface area contributed by atoms with E-state index in [1.54, 1.807) is 0 Å². The van der Waals surface area contributed by atoms with Crippen LogP contribution >= 0.6 is 0 Å². The molecule has 1 atom stereocenters. The summed E-state index contributed by atoms with van der Waals surface area (Å²) in [5.41, 5.74) is 0. The normalized spacial score (nSPS) is 26.9. The largest absolute Gasteiger partial charge is 0.266 e. The SMILES string of the molecule is CC(C)CCC(C)C1CCC(C=C(F)F)CC1. The molecular weight excluding hydrogens is 218 g/mol. The molecule has 1 aliphatic rings. The third-order valence-corrected chi connectivity index (χ3v) is 4.18. The number of halogens is 2. The Morgan fingerprint density at radius 2 is 1.65 bits per heavy atom. The smallest absolute Gasteiger partial charge is 0.174 e. The van der Waals surface area contributed by atoms with Gasteiger partial charge < -0.3 is 0 Å². The van der Waals surface area contributed by atoms with E-state index in [4.69, 9.17) is 0 Å². The van der Waals surface area contributed by atoms with Gasteiger partial charge in [0.05, 0.1) is 0 Å². The van der Waals surface area contributed by atoms with Crippen LogP contribution in [-0.4, -0.2) is 0 Å². The lowest BCUT2D eigenvalue weighted by molar-refractivity contribution is 0.216. The fourth-order valence-corrected chi connectivity index (χ4v) is 2.89. The standard InChI is InChI=1S/C15H26F2/c1-11(2)4-5-12(3)14-8-6-13(7-9-14)10-15(16)17/h10-14H,4-9H2,1-3H3. The minimum Gasteiger partial charge on any atom is -0.174 e. The van der Waals surface area contributed by atoms with Gasteiger partial charge in [0.1, 0.15) is 0 Å². The highest BCUT2D eigenvalue weighted by molar-refractivity contribution is 4.91. The Hall–Kier alpha value is -0.400. The Balaban J connectivity index is 2.28. The van der Waals surface area contributed by atoms with Crippen LogP contribution in [0.15, 0.2) is 12.2 Å². The molecule has 0 bridgehead atoms. The zero-order valence-corrected chi connectivity index (χ0v) is 11.4. The predicted octanol–water partition coefficient (Wildman–Crippen LogP) is 5.65. The molecule has 1 saturated carbocycles. The van der Waals surface area contributed by atoms with Gasteiger partial charge >= 0.3 is 0 Å². The molecule has 1 aliphatic carbocycles. The summed E-state index contributed by atoms with van der Waals surface area (Å²) in [5, 5.41) is 0. The van der Waals surface area contributed by atoms with E-state index < -0.39 is 6.08 Å². The van der Waals surface area contributed by atoms with E-state index in [0.717, 1.165) is 49.5 Å². The van der Waals surface area contributed by atoms with Crippen molar-refractivity contribution in [1.82, 2.24) is 0 Å². The van der Waals surface area contributed by atoms with Crippen molar-refractivity contribution in [2.24, 2.45) is 23.7 Å². The summed E-state index contributed by atoms with van der Waals surface area (Å²) in [5.74, 6) is 2.43. The topological polar surface area (TPSA) is 0 Å². The molecule has 100 valence electrons. The van der Waals surface area contributed by atoms with Crippen molar-refractivity contribution in [3.05, 3.63) is 12.2 Å². The van der Waals surface area contributed by atoms with Crippen LogP contribution in [0, 0.1) is 23.7 Å². The monoisotopic (exact) mass is 244 g/mol. The highest BCUT2D eigenvalue weighted by Crippen LogP contribution is 2.36. The second-order valence-electron chi connectivity index (χ2n) is 6.08. The van der Waals surface area contributed by atoms with E-state index in [1.165, 1.54) is 12.8 Å². The highest BCUT2D eigenvalue weighted by atomic mass is 19.3. The molecule has 0 aromatic rings. The van der Waals surface area contributed by atoms with Crippen LogP contribution in [0.1, 0.15) is 59.3 Å². The first-order chi connectivity index (χ1) is 7.99. The quantitative estimate of drug-likeness (QED) is 0.586. The molecular formula is C15H26F2. The first kappa shape index (κ1) is 14.7. The van der Waals surface area contributed by atoms with Crippen molar-refractivity contribution in [2.45, 2.75) is 59.3 Å². The molecule has 0 radical (unpaired) electrons. The van der Waals surface area contributed by atoms with E-state index in [1.807, 2.05) is 0 Å². The zero-order chi connectivity index (χ0) is 12.8. The summed E-state index contributed by atoms with van der Waals surface area (Å²) in [7, 11) is 0. The minimum atomic E-state index is -1.50. The summed E-state index contributed by atoms with van der Waals surface area (Å²) in [6.45, 7) is 6.86. The van der Waals surface area contributed by atoms with Gasteiger partial charge in [-0.25, -0.2) is 0 Å². The van der Waals surface area contributed by atoms with Crippen molar-refractivity contribution < 1.29 is 8.78 Å². The number of hydrogen-bond donors (Lipinski definition) is 0. The van der Waals surface area contributed by atoms with Gasteiger partial charge in [-0.3, -0.25) is 0 Å². The molecule has 0 heterocycles. The van der Waals surface area contributed by atoms with E-state index in [0.29, 0.717) is 0 Å². The fourth-order valence-electron chi connectivity index (χ4n) is 2.89. The molecule has 2 heteroatoms. The zero-order valence-electron chi connectivity index (χ0n) is 11.4. The van der Waals surface area contributed by atoms with Crippen LogP contribution < -0.4 is 0 Å². The lowest BCUT2D eigenvalue weighted by Crippen LogP contribution is -2.19. The maximum absolute atomic E-state index is 12.1. The maximum atomic E-state index is 12.1. The first-order valence-electron chi connectivity index (χ1n) is 7.01. The molecule has 0 saturated heterocycles. The van der Waals surface area contributed by atoms with Gasteiger partial charge in [-0.1, -0.05) is 33.6 Å². The third-order valence-electron chi connectivity index (χ3n) is 4.18. The Morgan fingerprint density at radius 1 is 1.06 bits per heavy atom. The summed E-state index contributed by atoms with van der Waals surface area (Å²) in [6.07, 6.45) is 6.42. The molecule has 0 aromatic heterocycles. The summed E-state index contributed by atoms with van der Waals surface area (Å²) < 4.78 is 24.3. The molecule has 1 unspecified atom stereocenters. The van der Waals surface area contributed by atoms with E-state index in [9.17, 15) is 8.78 Å². The number of hydrogen-bond acceptors (Lipinski definition) is 0. The number of rotatable bonds is 5. The summed E-state index contributed by atoms with van der Waals surface area (Å²) in [4.78, 5) is 0. The van der Waals surface area contributed by atoms with E-state index >= 15 is 0 Å². The molecule has 1 rings (SSSR count). The molecule has 17 heavy (non-hydrogen) atoms. The van der Waals surface area contributed by atoms with Crippen molar-refractivity contribution >= 4 is 0 Å². The molecule has 0 spiro atoms. The average molecular weight is 244 g/mol. The van der Waals surface area contributed by atoms with Gasteiger partial charge in [-0.05, 0) is 55.4 Å². The number of allylic oxidation sites excluding steroid dienone is 1. The van der Waals surface area contributed by atoms with Crippen LogP contribution in [0.25, 0.3) is 0 Å². The summed E-state index contributed by atoms with van der Waals surface area (Å²) in [6, 6.07) is 0. The van der Waals surface area contributed by atoms with Gasteiger partial charge in [0, 0.05) is 0 Å². The Labute approximate surface area is 104 Å². The van der Waals surface area contributed by atoms with Crippen LogP contribution in [0.3, 0.4) is 0 Å². The van der Waals surface area contributed by atoms with Gasteiger partial charge in [0.2, 0.25) is 0 Å². The predicted molar refractivity (Wildman–Crippen MR) is 69.0 cm³/mol. The van der Waals surface area contributed by atoms with Crippen molar-refractivity contribution in [3.63, 3.8) is 0 Å². The van der Waals surface area contributed by atoms with Crippen LogP contribution in [0.2, 0.25) is 0 Å². The van der Waals surface area contributed by atoms with Crippen LogP contribution in [-0.2, 0) is 0 Å². The van der Waals surface area contributed by atoms with Gasteiger partial charge in [-0.2, -0.15) is 8.78 Å². The average Bonchev–Trinajstić information content (AvgIpc) is 2.26.